The molecule has 146 valence electrons. The average Bonchev–Trinajstić information content (AvgIpc) is 2.64. The zero-order chi connectivity index (χ0) is 18.8. The molecule has 0 spiro atoms. The van der Waals surface area contributed by atoms with E-state index in [2.05, 4.69) is 54.0 Å². The van der Waals surface area contributed by atoms with Gasteiger partial charge in [0.15, 0.2) is 0 Å². The third-order valence-corrected chi connectivity index (χ3v) is 4.96. The van der Waals surface area contributed by atoms with Crippen LogP contribution in [0.1, 0.15) is 45.1 Å². The second-order valence-electron chi connectivity index (χ2n) is 7.33. The molecule has 1 amide bonds. The van der Waals surface area contributed by atoms with Gasteiger partial charge in [-0.05, 0) is 38.7 Å². The van der Waals surface area contributed by atoms with Crippen LogP contribution in [-0.2, 0) is 16.1 Å². The van der Waals surface area contributed by atoms with Gasteiger partial charge in [-0.2, -0.15) is 0 Å². The first kappa shape index (κ1) is 20.9. The van der Waals surface area contributed by atoms with Crippen LogP contribution in [-0.4, -0.2) is 65.8 Å². The minimum atomic E-state index is 0.0353. The Labute approximate surface area is 157 Å². The third-order valence-electron chi connectivity index (χ3n) is 4.96. The van der Waals surface area contributed by atoms with Gasteiger partial charge in [-0.3, -0.25) is 9.69 Å². The van der Waals surface area contributed by atoms with Gasteiger partial charge in [0.25, 0.3) is 0 Å². The van der Waals surface area contributed by atoms with Crippen molar-refractivity contribution in [2.24, 2.45) is 0 Å². The maximum Gasteiger partial charge on any atom is 0.223 e. The number of aliphatic hydroxyl groups is 1. The molecule has 1 N–H and O–H groups in total. The number of amides is 1. The summed E-state index contributed by atoms with van der Waals surface area (Å²) in [4.78, 5) is 17.3. The van der Waals surface area contributed by atoms with Crippen molar-refractivity contribution in [3.63, 3.8) is 0 Å². The highest BCUT2D eigenvalue weighted by Gasteiger charge is 2.29. The van der Waals surface area contributed by atoms with Crippen molar-refractivity contribution in [3.8, 4) is 0 Å². The zero-order valence-electron chi connectivity index (χ0n) is 16.3. The molecule has 1 aromatic rings. The molecule has 1 heterocycles. The molecule has 0 radical (unpaired) electrons. The fourth-order valence-electron chi connectivity index (χ4n) is 3.73. The van der Waals surface area contributed by atoms with Crippen molar-refractivity contribution < 1.29 is 14.6 Å². The first-order valence-corrected chi connectivity index (χ1v) is 9.88. The van der Waals surface area contributed by atoms with Crippen LogP contribution < -0.4 is 0 Å². The monoisotopic (exact) mass is 362 g/mol. The molecular weight excluding hydrogens is 328 g/mol. The Balaban J connectivity index is 1.78. The molecule has 26 heavy (non-hydrogen) atoms. The first-order chi connectivity index (χ1) is 12.6. The van der Waals surface area contributed by atoms with Gasteiger partial charge in [0.2, 0.25) is 5.91 Å². The van der Waals surface area contributed by atoms with Crippen LogP contribution in [0, 0.1) is 0 Å². The predicted molar refractivity (Wildman–Crippen MR) is 104 cm³/mol. The normalized spacial score (nSPS) is 16.2. The SMILES string of the molecule is CC(C)N(C(=O)CCCOCCO)C1CCN(Cc2ccccc2)CC1. The topological polar surface area (TPSA) is 53.0 Å². The summed E-state index contributed by atoms with van der Waals surface area (Å²) in [5, 5.41) is 8.72. The average molecular weight is 363 g/mol. The summed E-state index contributed by atoms with van der Waals surface area (Å²) in [6.07, 6.45) is 3.32. The number of piperidine rings is 1. The van der Waals surface area contributed by atoms with Gasteiger partial charge in [-0.15, -0.1) is 0 Å². The van der Waals surface area contributed by atoms with E-state index in [1.54, 1.807) is 0 Å². The summed E-state index contributed by atoms with van der Waals surface area (Å²) in [5.41, 5.74) is 1.35. The molecule has 0 unspecified atom stereocenters. The van der Waals surface area contributed by atoms with Gasteiger partial charge in [-0.25, -0.2) is 0 Å². The number of hydrogen-bond acceptors (Lipinski definition) is 4. The van der Waals surface area contributed by atoms with Gasteiger partial charge >= 0.3 is 0 Å². The molecule has 1 aliphatic heterocycles. The number of benzene rings is 1. The van der Waals surface area contributed by atoms with Crippen LogP contribution in [0.5, 0.6) is 0 Å². The van der Waals surface area contributed by atoms with Crippen LogP contribution in [0.2, 0.25) is 0 Å². The number of carbonyl (C=O) groups is 1. The molecule has 5 nitrogen and oxygen atoms in total. The van der Waals surface area contributed by atoms with E-state index in [4.69, 9.17) is 9.84 Å². The lowest BCUT2D eigenvalue weighted by Crippen LogP contribution is -2.50. The molecule has 0 bridgehead atoms. The van der Waals surface area contributed by atoms with Crippen LogP contribution in [0.4, 0.5) is 0 Å². The molecule has 0 saturated carbocycles. The Bertz CT molecular complexity index is 513. The maximum absolute atomic E-state index is 12.7. The van der Waals surface area contributed by atoms with Crippen molar-refractivity contribution in [3.05, 3.63) is 35.9 Å². The molecule has 0 aliphatic carbocycles. The number of likely N-dealkylation sites (tertiary alicyclic amines) is 1. The van der Waals surface area contributed by atoms with E-state index >= 15 is 0 Å². The summed E-state index contributed by atoms with van der Waals surface area (Å²) >= 11 is 0. The fraction of sp³-hybridized carbons (Fsp3) is 0.667. The molecule has 0 aromatic heterocycles. The van der Waals surface area contributed by atoms with E-state index in [0.29, 0.717) is 25.7 Å². The Morgan fingerprint density at radius 3 is 2.54 bits per heavy atom. The quantitative estimate of drug-likeness (QED) is 0.650. The number of rotatable bonds is 10. The van der Waals surface area contributed by atoms with Gasteiger partial charge in [0.05, 0.1) is 13.2 Å². The van der Waals surface area contributed by atoms with Gasteiger partial charge in [0.1, 0.15) is 0 Å². The summed E-state index contributed by atoms with van der Waals surface area (Å²) < 4.78 is 5.26. The highest BCUT2D eigenvalue weighted by molar-refractivity contribution is 5.76. The third kappa shape index (κ3) is 6.71. The van der Waals surface area contributed by atoms with Crippen LogP contribution in [0.25, 0.3) is 0 Å². The zero-order valence-corrected chi connectivity index (χ0v) is 16.3. The molecule has 2 rings (SSSR count). The molecule has 0 atom stereocenters. The molecule has 1 aliphatic rings. The number of carbonyl (C=O) groups excluding carboxylic acids is 1. The van der Waals surface area contributed by atoms with Crippen molar-refractivity contribution in [1.29, 1.82) is 0 Å². The number of hydrogen-bond donors (Lipinski definition) is 1. The van der Waals surface area contributed by atoms with Crippen LogP contribution in [0.3, 0.4) is 0 Å². The van der Waals surface area contributed by atoms with Crippen molar-refractivity contribution in [1.82, 2.24) is 9.80 Å². The summed E-state index contributed by atoms with van der Waals surface area (Å²) in [5.74, 6) is 0.231. The summed E-state index contributed by atoms with van der Waals surface area (Å²) in [6, 6.07) is 11.1. The Hall–Kier alpha value is -1.43. The van der Waals surface area contributed by atoms with E-state index < -0.39 is 0 Å². The van der Waals surface area contributed by atoms with Crippen molar-refractivity contribution >= 4 is 5.91 Å². The van der Waals surface area contributed by atoms with E-state index in [1.807, 2.05) is 0 Å². The lowest BCUT2D eigenvalue weighted by Gasteiger charge is -2.41. The van der Waals surface area contributed by atoms with Gasteiger partial charge in [-0.1, -0.05) is 30.3 Å². The Morgan fingerprint density at radius 2 is 1.92 bits per heavy atom. The molecule has 1 aromatic carbocycles. The van der Waals surface area contributed by atoms with E-state index in [9.17, 15) is 4.79 Å². The molecule has 1 fully saturated rings. The van der Waals surface area contributed by atoms with E-state index in [0.717, 1.165) is 38.9 Å². The molecule has 5 heteroatoms. The minimum Gasteiger partial charge on any atom is -0.394 e. The number of ether oxygens (including phenoxy) is 1. The van der Waals surface area contributed by atoms with Crippen molar-refractivity contribution in [2.75, 3.05) is 32.9 Å². The van der Waals surface area contributed by atoms with Crippen LogP contribution >= 0.6 is 0 Å². The standard InChI is InChI=1S/C21H34N2O3/c1-18(2)23(21(25)9-6-15-26-16-14-24)20-10-12-22(13-11-20)17-19-7-4-3-5-8-19/h3-5,7-8,18,20,24H,6,9-17H2,1-2H3. The van der Waals surface area contributed by atoms with Gasteiger partial charge in [0, 0.05) is 44.7 Å². The predicted octanol–water partition coefficient (Wildman–Crippen LogP) is 2.68. The summed E-state index contributed by atoms with van der Waals surface area (Å²) in [7, 11) is 0. The second kappa shape index (κ2) is 11.3. The number of nitrogens with zero attached hydrogens (tertiary/aromatic N) is 2. The second-order valence-corrected chi connectivity index (χ2v) is 7.33. The highest BCUT2D eigenvalue weighted by Crippen LogP contribution is 2.21. The molecular formula is C21H34N2O3. The Kier molecular flexibility index (Phi) is 9.09. The first-order valence-electron chi connectivity index (χ1n) is 9.88. The molecule has 1 saturated heterocycles. The maximum atomic E-state index is 12.7. The van der Waals surface area contributed by atoms with Crippen LogP contribution in [0.15, 0.2) is 30.3 Å². The Morgan fingerprint density at radius 1 is 1.23 bits per heavy atom. The van der Waals surface area contributed by atoms with E-state index in [-0.39, 0.29) is 18.6 Å². The van der Waals surface area contributed by atoms with Gasteiger partial charge < -0.3 is 14.7 Å². The largest absolute Gasteiger partial charge is 0.394 e. The number of aliphatic hydroxyl groups excluding tert-OH is 1. The highest BCUT2D eigenvalue weighted by atomic mass is 16.5. The van der Waals surface area contributed by atoms with Crippen molar-refractivity contribution in [2.45, 2.75) is 58.2 Å². The lowest BCUT2D eigenvalue weighted by atomic mass is 10.00. The van der Waals surface area contributed by atoms with E-state index in [1.165, 1.54) is 5.56 Å². The lowest BCUT2D eigenvalue weighted by molar-refractivity contribution is -0.137. The summed E-state index contributed by atoms with van der Waals surface area (Å²) in [6.45, 7) is 8.20. The minimum absolute atomic E-state index is 0.0353. The smallest absolute Gasteiger partial charge is 0.223 e. The fourth-order valence-corrected chi connectivity index (χ4v) is 3.73.